The van der Waals surface area contributed by atoms with Crippen LogP contribution < -0.4 is 10.7 Å². The molecule has 0 aromatic rings. The minimum atomic E-state index is 0.602. The Bertz CT molecular complexity index is 196. The summed E-state index contributed by atoms with van der Waals surface area (Å²) < 4.78 is 0. The number of thiocarbonyl (C=S) groups is 1. The smallest absolute Gasteiger partial charge is 0.181 e. The summed E-state index contributed by atoms with van der Waals surface area (Å²) >= 11 is 5.24. The van der Waals surface area contributed by atoms with Crippen molar-refractivity contribution in [3.63, 3.8) is 0 Å². The molecule has 0 radical (unpaired) electrons. The lowest BCUT2D eigenvalue weighted by Gasteiger charge is -2.34. The van der Waals surface area contributed by atoms with Crippen LogP contribution in [-0.2, 0) is 0 Å². The van der Waals surface area contributed by atoms with Crippen LogP contribution in [-0.4, -0.2) is 29.3 Å². The van der Waals surface area contributed by atoms with Gasteiger partial charge in [-0.3, -0.25) is 5.43 Å². The van der Waals surface area contributed by atoms with Gasteiger partial charge in [0.1, 0.15) is 0 Å². The highest BCUT2D eigenvalue weighted by Gasteiger charge is 2.18. The van der Waals surface area contributed by atoms with E-state index in [9.17, 15) is 0 Å². The van der Waals surface area contributed by atoms with Crippen molar-refractivity contribution in [3.8, 4) is 0 Å². The molecule has 1 rings (SSSR count). The van der Waals surface area contributed by atoms with Crippen LogP contribution in [0, 0.1) is 0 Å². The van der Waals surface area contributed by atoms with Crippen molar-refractivity contribution >= 4 is 17.3 Å². The molecule has 1 saturated heterocycles. The van der Waals surface area contributed by atoms with Crippen molar-refractivity contribution in [2.45, 2.75) is 52.0 Å². The molecule has 15 heavy (non-hydrogen) atoms. The molecule has 1 fully saturated rings. The van der Waals surface area contributed by atoms with E-state index in [0.29, 0.717) is 6.04 Å². The Morgan fingerprint density at radius 1 is 1.47 bits per heavy atom. The van der Waals surface area contributed by atoms with Crippen LogP contribution in [0.2, 0.25) is 0 Å². The van der Waals surface area contributed by atoms with Gasteiger partial charge in [0.05, 0.1) is 0 Å². The molecule has 1 aliphatic heterocycles. The summed E-state index contributed by atoms with van der Waals surface area (Å²) in [5.74, 6) is 0. The third-order valence-corrected chi connectivity index (χ3v) is 3.10. The lowest BCUT2D eigenvalue weighted by atomic mass is 10.1. The Morgan fingerprint density at radius 2 is 2.27 bits per heavy atom. The molecule has 3 nitrogen and oxygen atoms in total. The van der Waals surface area contributed by atoms with Gasteiger partial charge >= 0.3 is 0 Å². The van der Waals surface area contributed by atoms with Gasteiger partial charge in [-0.05, 0) is 38.4 Å². The lowest BCUT2D eigenvalue weighted by molar-refractivity contribution is 0.129. The van der Waals surface area contributed by atoms with Gasteiger partial charge in [-0.15, -0.1) is 0 Å². The highest BCUT2D eigenvalue weighted by atomic mass is 32.1. The maximum Gasteiger partial charge on any atom is 0.181 e. The fourth-order valence-corrected chi connectivity index (χ4v) is 2.03. The van der Waals surface area contributed by atoms with Crippen molar-refractivity contribution in [3.05, 3.63) is 0 Å². The summed E-state index contributed by atoms with van der Waals surface area (Å²) in [6.07, 6.45) is 6.27. The minimum Gasteiger partial charge on any atom is -0.362 e. The first-order chi connectivity index (χ1) is 7.24. The third kappa shape index (κ3) is 4.80. The first-order valence-electron chi connectivity index (χ1n) is 6.05. The SMILES string of the molecule is CCCCNC(=S)NN1CCCCC1C. The number of unbranched alkanes of at least 4 members (excludes halogenated alkanes) is 1. The summed E-state index contributed by atoms with van der Waals surface area (Å²) in [5.41, 5.74) is 3.28. The zero-order chi connectivity index (χ0) is 11.1. The normalized spacial score (nSPS) is 22.4. The summed E-state index contributed by atoms with van der Waals surface area (Å²) in [4.78, 5) is 0. The van der Waals surface area contributed by atoms with Crippen LogP contribution in [0.1, 0.15) is 46.0 Å². The van der Waals surface area contributed by atoms with E-state index in [2.05, 4.69) is 29.6 Å². The second-order valence-corrected chi connectivity index (χ2v) is 4.67. The first-order valence-corrected chi connectivity index (χ1v) is 6.46. The number of piperidine rings is 1. The number of nitrogens with one attached hydrogen (secondary N) is 2. The number of nitrogens with zero attached hydrogens (tertiary/aromatic N) is 1. The van der Waals surface area contributed by atoms with Crippen molar-refractivity contribution in [1.82, 2.24) is 15.8 Å². The molecular weight excluding hydrogens is 206 g/mol. The fraction of sp³-hybridized carbons (Fsp3) is 0.909. The number of rotatable bonds is 4. The summed E-state index contributed by atoms with van der Waals surface area (Å²) in [5, 5.41) is 6.26. The molecule has 1 aliphatic rings. The Morgan fingerprint density at radius 3 is 2.93 bits per heavy atom. The molecule has 2 N–H and O–H groups in total. The molecule has 88 valence electrons. The molecule has 0 aliphatic carbocycles. The maximum atomic E-state index is 5.24. The Labute approximate surface area is 98.6 Å². The zero-order valence-electron chi connectivity index (χ0n) is 9.88. The highest BCUT2D eigenvalue weighted by molar-refractivity contribution is 7.80. The van der Waals surface area contributed by atoms with Crippen LogP contribution in [0.25, 0.3) is 0 Å². The Balaban J connectivity index is 2.18. The highest BCUT2D eigenvalue weighted by Crippen LogP contribution is 2.13. The van der Waals surface area contributed by atoms with E-state index in [1.54, 1.807) is 0 Å². The van der Waals surface area contributed by atoms with Gasteiger partial charge in [-0.25, -0.2) is 5.01 Å². The predicted octanol–water partition coefficient (Wildman–Crippen LogP) is 2.04. The van der Waals surface area contributed by atoms with Gasteiger partial charge in [-0.2, -0.15) is 0 Å². The summed E-state index contributed by atoms with van der Waals surface area (Å²) in [7, 11) is 0. The van der Waals surface area contributed by atoms with Crippen molar-refractivity contribution in [2.75, 3.05) is 13.1 Å². The molecule has 1 unspecified atom stereocenters. The molecule has 1 atom stereocenters. The average Bonchev–Trinajstić information content (AvgIpc) is 2.22. The Hall–Kier alpha value is -0.350. The number of hydrogen-bond acceptors (Lipinski definition) is 2. The Kier molecular flexibility index (Phi) is 5.95. The fourth-order valence-electron chi connectivity index (χ4n) is 1.81. The zero-order valence-corrected chi connectivity index (χ0v) is 10.7. The molecule has 0 aromatic carbocycles. The lowest BCUT2D eigenvalue weighted by Crippen LogP contribution is -2.52. The van der Waals surface area contributed by atoms with Crippen LogP contribution in [0.3, 0.4) is 0 Å². The topological polar surface area (TPSA) is 27.3 Å². The second kappa shape index (κ2) is 7.01. The largest absolute Gasteiger partial charge is 0.362 e. The average molecular weight is 229 g/mol. The van der Waals surface area contributed by atoms with Gasteiger partial charge in [0.15, 0.2) is 5.11 Å². The van der Waals surface area contributed by atoms with Crippen molar-refractivity contribution < 1.29 is 0 Å². The molecule has 0 saturated carbocycles. The van der Waals surface area contributed by atoms with E-state index in [4.69, 9.17) is 12.2 Å². The van der Waals surface area contributed by atoms with E-state index in [1.807, 2.05) is 0 Å². The van der Waals surface area contributed by atoms with Crippen molar-refractivity contribution in [1.29, 1.82) is 0 Å². The molecule has 1 heterocycles. The van der Waals surface area contributed by atoms with Gasteiger partial charge in [-0.1, -0.05) is 19.8 Å². The van der Waals surface area contributed by atoms with E-state index in [1.165, 1.54) is 32.1 Å². The van der Waals surface area contributed by atoms with E-state index in [-0.39, 0.29) is 0 Å². The monoisotopic (exact) mass is 229 g/mol. The molecule has 0 bridgehead atoms. The van der Waals surface area contributed by atoms with Gasteiger partial charge in [0, 0.05) is 19.1 Å². The van der Waals surface area contributed by atoms with E-state index >= 15 is 0 Å². The molecule has 0 spiro atoms. The summed E-state index contributed by atoms with van der Waals surface area (Å²) in [6.45, 7) is 6.52. The van der Waals surface area contributed by atoms with Gasteiger partial charge < -0.3 is 5.32 Å². The molecule has 4 heteroatoms. The molecule has 0 aromatic heterocycles. The third-order valence-electron chi connectivity index (χ3n) is 2.86. The standard InChI is InChI=1S/C11H23N3S/c1-3-4-8-12-11(15)13-14-9-6-5-7-10(14)2/h10H,3-9H2,1-2H3,(H2,12,13,15). The van der Waals surface area contributed by atoms with Gasteiger partial charge in [0.2, 0.25) is 0 Å². The van der Waals surface area contributed by atoms with Crippen LogP contribution in [0.15, 0.2) is 0 Å². The number of hydrogen-bond donors (Lipinski definition) is 2. The van der Waals surface area contributed by atoms with Gasteiger partial charge in [0.25, 0.3) is 0 Å². The maximum absolute atomic E-state index is 5.24. The minimum absolute atomic E-state index is 0.602. The quantitative estimate of drug-likeness (QED) is 0.570. The van der Waals surface area contributed by atoms with Crippen LogP contribution in [0.5, 0.6) is 0 Å². The van der Waals surface area contributed by atoms with E-state index < -0.39 is 0 Å². The van der Waals surface area contributed by atoms with Crippen molar-refractivity contribution in [2.24, 2.45) is 0 Å². The summed E-state index contributed by atoms with van der Waals surface area (Å²) in [6, 6.07) is 0.602. The second-order valence-electron chi connectivity index (χ2n) is 4.26. The molecular formula is C11H23N3S. The number of hydrazine groups is 1. The van der Waals surface area contributed by atoms with E-state index in [0.717, 1.165) is 18.2 Å². The van der Waals surface area contributed by atoms with Crippen LogP contribution >= 0.6 is 12.2 Å². The predicted molar refractivity (Wildman–Crippen MR) is 68.7 cm³/mol. The first kappa shape index (κ1) is 12.7. The van der Waals surface area contributed by atoms with Crippen LogP contribution in [0.4, 0.5) is 0 Å². The molecule has 0 amide bonds.